The fourth-order valence-electron chi connectivity index (χ4n) is 2.97. The standard InChI is InChI=1S/C21H23N3O3/c1-16-2-4-17(5-3-16)14-22-20(26)18-6-8-19(9-7-18)21(27)24-12-10-23(15-25)11-13-24/h2-9,15H,10-14H2,1H3,(H,22,26). The molecule has 0 atom stereocenters. The van der Waals surface area contributed by atoms with Crippen molar-refractivity contribution >= 4 is 18.2 Å². The average Bonchev–Trinajstić information content (AvgIpc) is 2.73. The average molecular weight is 365 g/mol. The molecular formula is C21H23N3O3. The third kappa shape index (κ3) is 4.73. The Kier molecular flexibility index (Phi) is 5.86. The molecule has 6 nitrogen and oxygen atoms in total. The van der Waals surface area contributed by atoms with Crippen LogP contribution in [0.1, 0.15) is 31.8 Å². The van der Waals surface area contributed by atoms with Gasteiger partial charge in [0.15, 0.2) is 0 Å². The molecule has 1 aliphatic heterocycles. The summed E-state index contributed by atoms with van der Waals surface area (Å²) in [7, 11) is 0. The predicted octanol–water partition coefficient (Wildman–Crippen LogP) is 1.84. The van der Waals surface area contributed by atoms with Gasteiger partial charge in [0.2, 0.25) is 6.41 Å². The fraction of sp³-hybridized carbons (Fsp3) is 0.286. The van der Waals surface area contributed by atoms with Crippen molar-refractivity contribution in [2.75, 3.05) is 26.2 Å². The maximum atomic E-state index is 12.5. The van der Waals surface area contributed by atoms with Gasteiger partial charge in [0.25, 0.3) is 11.8 Å². The third-order valence-corrected chi connectivity index (χ3v) is 4.72. The molecule has 0 saturated carbocycles. The number of carbonyl (C=O) groups excluding carboxylic acids is 3. The number of benzene rings is 2. The van der Waals surface area contributed by atoms with E-state index in [1.165, 1.54) is 5.56 Å². The van der Waals surface area contributed by atoms with E-state index in [1.807, 2.05) is 31.2 Å². The van der Waals surface area contributed by atoms with E-state index >= 15 is 0 Å². The molecule has 0 aromatic heterocycles. The van der Waals surface area contributed by atoms with E-state index in [9.17, 15) is 14.4 Å². The summed E-state index contributed by atoms with van der Waals surface area (Å²) in [5.41, 5.74) is 3.28. The molecular weight excluding hydrogens is 342 g/mol. The number of hydrogen-bond acceptors (Lipinski definition) is 3. The molecule has 2 aromatic carbocycles. The van der Waals surface area contributed by atoms with Crippen molar-refractivity contribution in [1.29, 1.82) is 0 Å². The highest BCUT2D eigenvalue weighted by Gasteiger charge is 2.21. The van der Waals surface area contributed by atoms with Gasteiger partial charge in [-0.3, -0.25) is 14.4 Å². The quantitative estimate of drug-likeness (QED) is 0.822. The number of carbonyl (C=O) groups is 3. The van der Waals surface area contributed by atoms with E-state index in [0.29, 0.717) is 43.9 Å². The van der Waals surface area contributed by atoms with Crippen LogP contribution in [0.25, 0.3) is 0 Å². The SMILES string of the molecule is Cc1ccc(CNC(=O)c2ccc(C(=O)N3CCN(C=O)CC3)cc2)cc1. The second-order valence-corrected chi connectivity index (χ2v) is 6.68. The van der Waals surface area contributed by atoms with Gasteiger partial charge in [0.1, 0.15) is 0 Å². The Bertz CT molecular complexity index is 808. The molecule has 1 saturated heterocycles. The molecule has 0 unspecified atom stereocenters. The van der Waals surface area contributed by atoms with Gasteiger partial charge < -0.3 is 15.1 Å². The van der Waals surface area contributed by atoms with Gasteiger partial charge in [0.05, 0.1) is 0 Å². The van der Waals surface area contributed by atoms with Crippen LogP contribution in [0.5, 0.6) is 0 Å². The zero-order valence-electron chi connectivity index (χ0n) is 15.4. The Labute approximate surface area is 158 Å². The van der Waals surface area contributed by atoms with Crippen molar-refractivity contribution in [3.63, 3.8) is 0 Å². The van der Waals surface area contributed by atoms with Crippen molar-refractivity contribution in [1.82, 2.24) is 15.1 Å². The Morgan fingerprint density at radius 1 is 0.926 bits per heavy atom. The zero-order valence-corrected chi connectivity index (χ0v) is 15.4. The van der Waals surface area contributed by atoms with Crippen LogP contribution in [-0.4, -0.2) is 54.2 Å². The smallest absolute Gasteiger partial charge is 0.253 e. The number of aryl methyl sites for hydroxylation is 1. The van der Waals surface area contributed by atoms with E-state index in [4.69, 9.17) is 0 Å². The molecule has 0 aliphatic carbocycles. The lowest BCUT2D eigenvalue weighted by molar-refractivity contribution is -0.119. The van der Waals surface area contributed by atoms with Gasteiger partial charge in [-0.15, -0.1) is 0 Å². The first-order valence-corrected chi connectivity index (χ1v) is 8.99. The first kappa shape index (κ1) is 18.6. The van der Waals surface area contributed by atoms with Crippen molar-refractivity contribution in [2.45, 2.75) is 13.5 Å². The predicted molar refractivity (Wildman–Crippen MR) is 102 cm³/mol. The minimum absolute atomic E-state index is 0.0767. The third-order valence-electron chi connectivity index (χ3n) is 4.72. The minimum atomic E-state index is -0.172. The minimum Gasteiger partial charge on any atom is -0.348 e. The molecule has 3 rings (SSSR count). The van der Waals surface area contributed by atoms with Gasteiger partial charge in [-0.25, -0.2) is 0 Å². The fourth-order valence-corrected chi connectivity index (χ4v) is 2.97. The number of nitrogens with one attached hydrogen (secondary N) is 1. The molecule has 1 aliphatic rings. The number of amides is 3. The van der Waals surface area contributed by atoms with E-state index in [0.717, 1.165) is 12.0 Å². The summed E-state index contributed by atoms with van der Waals surface area (Å²) in [5, 5.41) is 2.89. The molecule has 0 bridgehead atoms. The molecule has 0 spiro atoms. The largest absolute Gasteiger partial charge is 0.348 e. The monoisotopic (exact) mass is 365 g/mol. The summed E-state index contributed by atoms with van der Waals surface area (Å²) >= 11 is 0. The van der Waals surface area contributed by atoms with Crippen LogP contribution in [0.15, 0.2) is 48.5 Å². The number of nitrogens with zero attached hydrogens (tertiary/aromatic N) is 2. The van der Waals surface area contributed by atoms with Crippen LogP contribution in [0.3, 0.4) is 0 Å². The Balaban J connectivity index is 1.56. The van der Waals surface area contributed by atoms with Crippen LogP contribution < -0.4 is 5.32 Å². The summed E-state index contributed by atoms with van der Waals surface area (Å²) in [6.45, 7) is 4.63. The maximum Gasteiger partial charge on any atom is 0.253 e. The van der Waals surface area contributed by atoms with Gasteiger partial charge in [0, 0.05) is 43.9 Å². The molecule has 0 radical (unpaired) electrons. The number of piperazine rings is 1. The highest BCUT2D eigenvalue weighted by atomic mass is 16.2. The zero-order chi connectivity index (χ0) is 19.2. The van der Waals surface area contributed by atoms with Crippen molar-refractivity contribution in [2.24, 2.45) is 0 Å². The lowest BCUT2D eigenvalue weighted by Gasteiger charge is -2.32. The lowest BCUT2D eigenvalue weighted by atomic mass is 10.1. The maximum absolute atomic E-state index is 12.5. The van der Waals surface area contributed by atoms with E-state index < -0.39 is 0 Å². The van der Waals surface area contributed by atoms with E-state index in [-0.39, 0.29) is 11.8 Å². The number of rotatable bonds is 5. The van der Waals surface area contributed by atoms with E-state index in [2.05, 4.69) is 5.32 Å². The van der Waals surface area contributed by atoms with Crippen LogP contribution in [0.2, 0.25) is 0 Å². The van der Waals surface area contributed by atoms with Crippen LogP contribution in [-0.2, 0) is 11.3 Å². The molecule has 2 aromatic rings. The second-order valence-electron chi connectivity index (χ2n) is 6.68. The summed E-state index contributed by atoms with van der Waals surface area (Å²) in [6, 6.07) is 14.7. The first-order chi connectivity index (χ1) is 13.1. The van der Waals surface area contributed by atoms with Gasteiger partial charge in [-0.1, -0.05) is 29.8 Å². The molecule has 3 amide bonds. The molecule has 6 heteroatoms. The van der Waals surface area contributed by atoms with Gasteiger partial charge in [-0.05, 0) is 36.8 Å². The normalized spacial score (nSPS) is 14.0. The van der Waals surface area contributed by atoms with Crippen LogP contribution >= 0.6 is 0 Å². The highest BCUT2D eigenvalue weighted by Crippen LogP contribution is 2.11. The molecule has 27 heavy (non-hydrogen) atoms. The van der Waals surface area contributed by atoms with Crippen molar-refractivity contribution in [3.8, 4) is 0 Å². The van der Waals surface area contributed by atoms with Gasteiger partial charge in [-0.2, -0.15) is 0 Å². The van der Waals surface area contributed by atoms with Crippen molar-refractivity contribution < 1.29 is 14.4 Å². The molecule has 1 N–H and O–H groups in total. The van der Waals surface area contributed by atoms with Crippen LogP contribution in [0.4, 0.5) is 0 Å². The van der Waals surface area contributed by atoms with Crippen molar-refractivity contribution in [3.05, 3.63) is 70.8 Å². The number of hydrogen-bond donors (Lipinski definition) is 1. The molecule has 140 valence electrons. The Hall–Kier alpha value is -3.15. The highest BCUT2D eigenvalue weighted by molar-refractivity contribution is 5.97. The Morgan fingerprint density at radius 2 is 1.52 bits per heavy atom. The summed E-state index contributed by atoms with van der Waals surface area (Å²) in [4.78, 5) is 39.0. The summed E-state index contributed by atoms with van der Waals surface area (Å²) < 4.78 is 0. The molecule has 1 fully saturated rings. The second kappa shape index (κ2) is 8.49. The van der Waals surface area contributed by atoms with Gasteiger partial charge >= 0.3 is 0 Å². The lowest BCUT2D eigenvalue weighted by Crippen LogP contribution is -2.48. The molecule has 1 heterocycles. The Morgan fingerprint density at radius 3 is 2.11 bits per heavy atom. The van der Waals surface area contributed by atoms with E-state index in [1.54, 1.807) is 34.1 Å². The first-order valence-electron chi connectivity index (χ1n) is 8.99. The summed E-state index contributed by atoms with van der Waals surface area (Å²) in [6.07, 6.45) is 0.811. The topological polar surface area (TPSA) is 69.7 Å². The van der Waals surface area contributed by atoms with Crippen LogP contribution in [0, 0.1) is 6.92 Å². The summed E-state index contributed by atoms with van der Waals surface area (Å²) in [5.74, 6) is -0.249.